The van der Waals surface area contributed by atoms with Gasteiger partial charge < -0.3 is 15.2 Å². The average molecular weight is 230 g/mol. The van der Waals surface area contributed by atoms with Gasteiger partial charge >= 0.3 is 6.09 Å². The molecule has 1 amide bonds. The number of amides is 1. The smallest absolute Gasteiger partial charge is 0.404 e. The van der Waals surface area contributed by atoms with Gasteiger partial charge in [0.05, 0.1) is 6.61 Å². The first kappa shape index (κ1) is 13.3. The Bertz CT molecular complexity index is 223. The third-order valence-electron chi connectivity index (χ3n) is 2.66. The molecular formula is C11H22N2O3. The molecule has 0 bridgehead atoms. The first-order valence-electron chi connectivity index (χ1n) is 5.91. The Morgan fingerprint density at radius 3 is 2.81 bits per heavy atom. The van der Waals surface area contributed by atoms with Crippen LogP contribution in [0.25, 0.3) is 0 Å². The monoisotopic (exact) mass is 230 g/mol. The highest BCUT2D eigenvalue weighted by Gasteiger charge is 2.32. The summed E-state index contributed by atoms with van der Waals surface area (Å²) in [6, 6.07) is 0.592. The van der Waals surface area contributed by atoms with Gasteiger partial charge in [-0.1, -0.05) is 13.3 Å². The number of carbonyl (C=O) groups excluding carboxylic acids is 1. The lowest BCUT2D eigenvalue weighted by molar-refractivity contribution is 0.0159. The van der Waals surface area contributed by atoms with Crippen LogP contribution >= 0.6 is 0 Å². The molecule has 1 fully saturated rings. The van der Waals surface area contributed by atoms with Crippen LogP contribution in [0.4, 0.5) is 4.79 Å². The van der Waals surface area contributed by atoms with E-state index in [9.17, 15) is 4.79 Å². The van der Waals surface area contributed by atoms with E-state index >= 15 is 0 Å². The molecule has 5 nitrogen and oxygen atoms in total. The minimum absolute atomic E-state index is 0.237. The highest BCUT2D eigenvalue weighted by molar-refractivity contribution is 5.64. The number of hydrogen-bond donors (Lipinski definition) is 1. The largest absolute Gasteiger partial charge is 0.443 e. The Hall–Kier alpha value is -0.810. The van der Waals surface area contributed by atoms with Gasteiger partial charge in [-0.05, 0) is 13.3 Å². The van der Waals surface area contributed by atoms with E-state index in [2.05, 4.69) is 18.7 Å². The molecule has 94 valence electrons. The minimum Gasteiger partial charge on any atom is -0.443 e. The summed E-state index contributed by atoms with van der Waals surface area (Å²) < 4.78 is 10.4. The molecule has 3 atom stereocenters. The summed E-state index contributed by atoms with van der Waals surface area (Å²) in [4.78, 5) is 12.9. The van der Waals surface area contributed by atoms with E-state index in [-0.39, 0.29) is 6.10 Å². The second-order valence-electron chi connectivity index (χ2n) is 4.29. The lowest BCUT2D eigenvalue weighted by Crippen LogP contribution is -2.33. The van der Waals surface area contributed by atoms with Gasteiger partial charge in [-0.2, -0.15) is 0 Å². The van der Waals surface area contributed by atoms with Crippen molar-refractivity contribution in [1.82, 2.24) is 4.90 Å². The van der Waals surface area contributed by atoms with Gasteiger partial charge in [-0.25, -0.2) is 4.79 Å². The van der Waals surface area contributed by atoms with E-state index in [4.69, 9.17) is 15.2 Å². The highest BCUT2D eigenvalue weighted by atomic mass is 16.6. The Morgan fingerprint density at radius 1 is 1.62 bits per heavy atom. The number of nitrogens with two attached hydrogens (primary N) is 1. The molecule has 1 rings (SSSR count). The van der Waals surface area contributed by atoms with Crippen molar-refractivity contribution in [3.8, 4) is 0 Å². The summed E-state index contributed by atoms with van der Waals surface area (Å²) in [6.07, 6.45) is 1.17. The number of nitrogens with zero attached hydrogens (tertiary/aromatic N) is 1. The van der Waals surface area contributed by atoms with Crippen molar-refractivity contribution < 1.29 is 14.3 Å². The van der Waals surface area contributed by atoms with E-state index in [1.807, 2.05) is 0 Å². The average Bonchev–Trinajstić information content (AvgIpc) is 2.88. The third kappa shape index (κ3) is 5.32. The van der Waals surface area contributed by atoms with Crippen LogP contribution in [0.5, 0.6) is 0 Å². The second-order valence-corrected chi connectivity index (χ2v) is 4.29. The summed E-state index contributed by atoms with van der Waals surface area (Å²) in [7, 11) is 0. The maximum Gasteiger partial charge on any atom is 0.404 e. The standard InChI is InChI=1S/C11H22N2O3/c1-3-4-5-15-8-10(16-11(12)14)7-13-6-9(13)2/h9-10H,3-8H2,1-2H3,(H2,12,14). The summed E-state index contributed by atoms with van der Waals surface area (Å²) in [5.41, 5.74) is 5.02. The summed E-state index contributed by atoms with van der Waals surface area (Å²) >= 11 is 0. The molecule has 16 heavy (non-hydrogen) atoms. The van der Waals surface area contributed by atoms with Crippen molar-refractivity contribution in [2.45, 2.75) is 38.8 Å². The predicted molar refractivity (Wildman–Crippen MR) is 61.2 cm³/mol. The van der Waals surface area contributed by atoms with Crippen molar-refractivity contribution in [2.75, 3.05) is 26.3 Å². The van der Waals surface area contributed by atoms with Crippen LogP contribution in [0.1, 0.15) is 26.7 Å². The Balaban J connectivity index is 2.18. The maximum absolute atomic E-state index is 10.7. The molecule has 1 aliphatic rings. The fraction of sp³-hybridized carbons (Fsp3) is 0.909. The van der Waals surface area contributed by atoms with Crippen molar-refractivity contribution in [3.05, 3.63) is 0 Å². The van der Waals surface area contributed by atoms with Crippen molar-refractivity contribution in [3.63, 3.8) is 0 Å². The van der Waals surface area contributed by atoms with E-state index in [1.165, 1.54) is 0 Å². The fourth-order valence-corrected chi connectivity index (χ4v) is 1.56. The minimum atomic E-state index is -0.724. The topological polar surface area (TPSA) is 64.6 Å². The molecule has 1 saturated heterocycles. The zero-order valence-corrected chi connectivity index (χ0v) is 10.1. The number of primary amides is 1. The van der Waals surface area contributed by atoms with Gasteiger partial charge in [0.25, 0.3) is 0 Å². The van der Waals surface area contributed by atoms with Crippen molar-refractivity contribution >= 4 is 6.09 Å². The molecule has 0 saturated carbocycles. The van der Waals surface area contributed by atoms with E-state index in [1.54, 1.807) is 0 Å². The number of ether oxygens (including phenoxy) is 2. The van der Waals surface area contributed by atoms with E-state index in [0.717, 1.165) is 25.9 Å². The Morgan fingerprint density at radius 2 is 2.31 bits per heavy atom. The Labute approximate surface area is 96.9 Å². The van der Waals surface area contributed by atoms with Crippen LogP contribution < -0.4 is 5.73 Å². The fourth-order valence-electron chi connectivity index (χ4n) is 1.56. The van der Waals surface area contributed by atoms with Crippen LogP contribution in [0.3, 0.4) is 0 Å². The van der Waals surface area contributed by atoms with Gasteiger partial charge in [-0.15, -0.1) is 0 Å². The SMILES string of the molecule is CCCCOCC(CN1CC1C)OC(N)=O. The summed E-state index contributed by atoms with van der Waals surface area (Å²) in [5.74, 6) is 0. The van der Waals surface area contributed by atoms with E-state index < -0.39 is 6.09 Å². The van der Waals surface area contributed by atoms with Crippen LogP contribution in [0.2, 0.25) is 0 Å². The van der Waals surface area contributed by atoms with Gasteiger partial charge in [-0.3, -0.25) is 4.90 Å². The Kier molecular flexibility index (Phi) is 5.55. The quantitative estimate of drug-likeness (QED) is 0.498. The molecular weight excluding hydrogens is 208 g/mol. The van der Waals surface area contributed by atoms with Gasteiger partial charge in [0.15, 0.2) is 0 Å². The third-order valence-corrected chi connectivity index (χ3v) is 2.66. The molecule has 0 radical (unpaired) electrons. The van der Waals surface area contributed by atoms with Crippen LogP contribution in [0, 0.1) is 0 Å². The normalized spacial score (nSPS) is 25.1. The van der Waals surface area contributed by atoms with Crippen LogP contribution in [-0.4, -0.2) is 49.4 Å². The summed E-state index contributed by atoms with van der Waals surface area (Å²) in [6.45, 7) is 7.18. The second kappa shape index (κ2) is 6.70. The number of unbranched alkanes of at least 4 members (excludes halogenated alkanes) is 1. The maximum atomic E-state index is 10.7. The van der Waals surface area contributed by atoms with Crippen molar-refractivity contribution in [1.29, 1.82) is 0 Å². The number of rotatable bonds is 8. The first-order chi connectivity index (χ1) is 7.63. The molecule has 0 aromatic heterocycles. The molecule has 0 aliphatic carbocycles. The summed E-state index contributed by atoms with van der Waals surface area (Å²) in [5, 5.41) is 0. The first-order valence-corrected chi connectivity index (χ1v) is 5.91. The molecule has 0 spiro atoms. The molecule has 1 heterocycles. The predicted octanol–water partition coefficient (Wildman–Crippen LogP) is 0.971. The molecule has 0 aromatic carbocycles. The van der Waals surface area contributed by atoms with Crippen molar-refractivity contribution in [2.24, 2.45) is 5.73 Å². The van der Waals surface area contributed by atoms with Crippen LogP contribution in [0.15, 0.2) is 0 Å². The van der Waals surface area contributed by atoms with Gasteiger partial charge in [0.2, 0.25) is 0 Å². The highest BCUT2D eigenvalue weighted by Crippen LogP contribution is 2.17. The molecule has 5 heteroatoms. The molecule has 2 N–H and O–H groups in total. The van der Waals surface area contributed by atoms with Gasteiger partial charge in [0, 0.05) is 25.7 Å². The lowest BCUT2D eigenvalue weighted by atomic mass is 10.3. The zero-order valence-electron chi connectivity index (χ0n) is 10.1. The van der Waals surface area contributed by atoms with Crippen LogP contribution in [-0.2, 0) is 9.47 Å². The molecule has 1 aliphatic heterocycles. The lowest BCUT2D eigenvalue weighted by Gasteiger charge is -2.17. The zero-order chi connectivity index (χ0) is 12.0. The molecule has 0 aromatic rings. The molecule has 3 unspecified atom stereocenters. The number of hydrogen-bond acceptors (Lipinski definition) is 4. The number of carbonyl (C=O) groups is 1. The van der Waals surface area contributed by atoms with E-state index in [0.29, 0.717) is 19.3 Å². The van der Waals surface area contributed by atoms with Gasteiger partial charge in [0.1, 0.15) is 6.10 Å².